The molecule has 2 rings (SSSR count). The number of nitrogens with one attached hydrogen (secondary N) is 1. The zero-order valence-corrected chi connectivity index (χ0v) is 13.5. The lowest BCUT2D eigenvalue weighted by atomic mass is 10.1. The number of aryl methyl sites for hydroxylation is 1. The highest BCUT2D eigenvalue weighted by Gasteiger charge is 2.12. The average molecular weight is 322 g/mol. The van der Waals surface area contributed by atoms with Crippen LogP contribution in [-0.2, 0) is 6.54 Å². The van der Waals surface area contributed by atoms with Gasteiger partial charge < -0.3 is 5.32 Å². The molecule has 0 bridgehead atoms. The van der Waals surface area contributed by atoms with Gasteiger partial charge in [-0.1, -0.05) is 17.7 Å². The van der Waals surface area contributed by atoms with E-state index in [2.05, 4.69) is 72.2 Å². The molecule has 0 unspecified atom stereocenters. The van der Waals surface area contributed by atoms with Gasteiger partial charge in [-0.2, -0.15) is 5.10 Å². The second-order valence-corrected chi connectivity index (χ2v) is 6.75. The summed E-state index contributed by atoms with van der Waals surface area (Å²) in [6, 6.07) is 6.45. The molecule has 0 aliphatic carbocycles. The summed E-state index contributed by atoms with van der Waals surface area (Å²) in [5.41, 5.74) is 3.74. The predicted molar refractivity (Wildman–Crippen MR) is 82.6 cm³/mol. The highest BCUT2D eigenvalue weighted by Crippen LogP contribution is 2.19. The summed E-state index contributed by atoms with van der Waals surface area (Å²) in [6.07, 6.45) is 3.78. The van der Waals surface area contributed by atoms with Crippen LogP contribution in [0.1, 0.15) is 31.9 Å². The fourth-order valence-corrected chi connectivity index (χ4v) is 2.16. The van der Waals surface area contributed by atoms with Gasteiger partial charge in [0.25, 0.3) is 0 Å². The fraction of sp³-hybridized carbons (Fsp3) is 0.400. The summed E-state index contributed by atoms with van der Waals surface area (Å²) < 4.78 is 2.89. The number of aromatic nitrogens is 2. The summed E-state index contributed by atoms with van der Waals surface area (Å²) in [5.74, 6) is 0. The molecule has 4 heteroatoms. The van der Waals surface area contributed by atoms with Gasteiger partial charge >= 0.3 is 0 Å². The van der Waals surface area contributed by atoms with Gasteiger partial charge in [-0.25, -0.2) is 4.68 Å². The Kier molecular flexibility index (Phi) is 4.11. The van der Waals surface area contributed by atoms with Crippen LogP contribution in [-0.4, -0.2) is 15.3 Å². The van der Waals surface area contributed by atoms with E-state index in [1.807, 2.05) is 10.9 Å². The predicted octanol–water partition coefficient (Wildman–Crippen LogP) is 3.83. The van der Waals surface area contributed by atoms with E-state index in [4.69, 9.17) is 0 Å². The molecular weight excluding hydrogens is 302 g/mol. The van der Waals surface area contributed by atoms with Crippen LogP contribution >= 0.6 is 15.9 Å². The maximum absolute atomic E-state index is 4.36. The number of rotatable bonds is 3. The maximum Gasteiger partial charge on any atom is 0.0691 e. The van der Waals surface area contributed by atoms with E-state index < -0.39 is 0 Å². The van der Waals surface area contributed by atoms with Gasteiger partial charge in [-0.05, 0) is 55.3 Å². The van der Waals surface area contributed by atoms with Gasteiger partial charge in [-0.3, -0.25) is 0 Å². The molecule has 0 radical (unpaired) electrons. The van der Waals surface area contributed by atoms with E-state index in [1.165, 1.54) is 11.1 Å². The lowest BCUT2D eigenvalue weighted by Gasteiger charge is -2.22. The molecule has 0 aliphatic heterocycles. The van der Waals surface area contributed by atoms with Crippen molar-refractivity contribution >= 4 is 15.9 Å². The van der Waals surface area contributed by atoms with Crippen molar-refractivity contribution in [1.82, 2.24) is 15.1 Å². The van der Waals surface area contributed by atoms with Crippen LogP contribution in [0.5, 0.6) is 0 Å². The Morgan fingerprint density at radius 2 is 2.05 bits per heavy atom. The van der Waals surface area contributed by atoms with Crippen LogP contribution < -0.4 is 5.32 Å². The zero-order valence-electron chi connectivity index (χ0n) is 11.9. The molecule has 0 amide bonds. The van der Waals surface area contributed by atoms with Crippen molar-refractivity contribution in [3.8, 4) is 5.69 Å². The van der Waals surface area contributed by atoms with E-state index in [9.17, 15) is 0 Å². The Morgan fingerprint density at radius 3 is 2.63 bits per heavy atom. The summed E-state index contributed by atoms with van der Waals surface area (Å²) in [6.45, 7) is 9.47. The van der Waals surface area contributed by atoms with Gasteiger partial charge in [0.15, 0.2) is 0 Å². The standard InChI is InChI=1S/C15H20BrN3/c1-11-5-6-14(19-10-13(16)9-18-19)12(7-11)8-17-15(2,3)4/h5-7,9-10,17H,8H2,1-4H3. The van der Waals surface area contributed by atoms with Crippen molar-refractivity contribution in [2.45, 2.75) is 39.8 Å². The van der Waals surface area contributed by atoms with Crippen LogP contribution in [0.3, 0.4) is 0 Å². The second-order valence-electron chi connectivity index (χ2n) is 5.84. The van der Waals surface area contributed by atoms with Gasteiger partial charge in [0.1, 0.15) is 0 Å². The Hall–Kier alpha value is -1.13. The number of hydrogen-bond acceptors (Lipinski definition) is 2. The molecule has 2 aromatic rings. The van der Waals surface area contributed by atoms with E-state index in [1.54, 1.807) is 6.20 Å². The molecule has 0 saturated carbocycles. The SMILES string of the molecule is Cc1ccc(-n2cc(Br)cn2)c(CNC(C)(C)C)c1. The summed E-state index contributed by atoms with van der Waals surface area (Å²) in [5, 5.41) is 7.89. The minimum absolute atomic E-state index is 0.103. The third-order valence-corrected chi connectivity index (χ3v) is 3.25. The first kappa shape index (κ1) is 14.3. The molecule has 0 fully saturated rings. The lowest BCUT2D eigenvalue weighted by Crippen LogP contribution is -2.35. The first-order valence-corrected chi connectivity index (χ1v) is 7.19. The molecule has 1 heterocycles. The van der Waals surface area contributed by atoms with Gasteiger partial charge in [0.2, 0.25) is 0 Å². The minimum Gasteiger partial charge on any atom is -0.308 e. The van der Waals surface area contributed by atoms with Crippen LogP contribution in [0.15, 0.2) is 35.1 Å². The van der Waals surface area contributed by atoms with Crippen LogP contribution in [0, 0.1) is 6.92 Å². The van der Waals surface area contributed by atoms with Crippen molar-refractivity contribution in [3.63, 3.8) is 0 Å². The summed E-state index contributed by atoms with van der Waals surface area (Å²) >= 11 is 3.44. The first-order valence-electron chi connectivity index (χ1n) is 6.40. The quantitative estimate of drug-likeness (QED) is 0.931. The third kappa shape index (κ3) is 3.91. The monoisotopic (exact) mass is 321 g/mol. The summed E-state index contributed by atoms with van der Waals surface area (Å²) in [4.78, 5) is 0. The Bertz CT molecular complexity index is 567. The molecular formula is C15H20BrN3. The molecule has 3 nitrogen and oxygen atoms in total. The van der Waals surface area contributed by atoms with E-state index in [-0.39, 0.29) is 5.54 Å². The Labute approximate surface area is 123 Å². The summed E-state index contributed by atoms with van der Waals surface area (Å²) in [7, 11) is 0. The molecule has 1 aromatic carbocycles. The van der Waals surface area contributed by atoms with Crippen LogP contribution in [0.2, 0.25) is 0 Å². The Balaban J connectivity index is 2.33. The number of halogens is 1. The highest BCUT2D eigenvalue weighted by atomic mass is 79.9. The number of hydrogen-bond donors (Lipinski definition) is 1. The van der Waals surface area contributed by atoms with Gasteiger partial charge in [0, 0.05) is 18.3 Å². The van der Waals surface area contributed by atoms with Crippen molar-refractivity contribution in [2.75, 3.05) is 0 Å². The number of benzene rings is 1. The molecule has 0 saturated heterocycles. The fourth-order valence-electron chi connectivity index (χ4n) is 1.87. The van der Waals surface area contributed by atoms with Gasteiger partial charge in [0.05, 0.1) is 16.4 Å². The molecule has 0 aliphatic rings. The molecule has 102 valence electrons. The largest absolute Gasteiger partial charge is 0.308 e. The second kappa shape index (κ2) is 5.47. The van der Waals surface area contributed by atoms with Crippen LogP contribution in [0.4, 0.5) is 0 Å². The minimum atomic E-state index is 0.103. The molecule has 1 N–H and O–H groups in total. The molecule has 0 atom stereocenters. The van der Waals surface area contributed by atoms with Crippen LogP contribution in [0.25, 0.3) is 5.69 Å². The van der Waals surface area contributed by atoms with Crippen molar-refractivity contribution in [2.24, 2.45) is 0 Å². The van der Waals surface area contributed by atoms with Crippen molar-refractivity contribution in [3.05, 3.63) is 46.2 Å². The molecule has 1 aromatic heterocycles. The van der Waals surface area contributed by atoms with Crippen molar-refractivity contribution < 1.29 is 0 Å². The topological polar surface area (TPSA) is 29.9 Å². The smallest absolute Gasteiger partial charge is 0.0691 e. The van der Waals surface area contributed by atoms with Gasteiger partial charge in [-0.15, -0.1) is 0 Å². The number of nitrogens with zero attached hydrogens (tertiary/aromatic N) is 2. The van der Waals surface area contributed by atoms with Crippen molar-refractivity contribution in [1.29, 1.82) is 0 Å². The normalized spacial score (nSPS) is 11.8. The average Bonchev–Trinajstić information content (AvgIpc) is 2.72. The lowest BCUT2D eigenvalue weighted by molar-refractivity contribution is 0.423. The third-order valence-electron chi connectivity index (χ3n) is 2.84. The molecule has 19 heavy (non-hydrogen) atoms. The van der Waals surface area contributed by atoms with E-state index in [0.717, 1.165) is 16.7 Å². The maximum atomic E-state index is 4.36. The zero-order chi connectivity index (χ0) is 14.0. The Morgan fingerprint density at radius 1 is 1.32 bits per heavy atom. The highest BCUT2D eigenvalue weighted by molar-refractivity contribution is 9.10. The first-order chi connectivity index (χ1) is 8.85. The van der Waals surface area contributed by atoms with E-state index >= 15 is 0 Å². The molecule has 0 spiro atoms. The van der Waals surface area contributed by atoms with E-state index in [0.29, 0.717) is 0 Å².